The minimum Gasteiger partial charge on any atom is -0.493 e. The van der Waals surface area contributed by atoms with Gasteiger partial charge in [-0.2, -0.15) is 0 Å². The van der Waals surface area contributed by atoms with E-state index >= 15 is 0 Å². The summed E-state index contributed by atoms with van der Waals surface area (Å²) in [5, 5.41) is 3.19. The third-order valence-electron chi connectivity index (χ3n) is 3.01. The van der Waals surface area contributed by atoms with Crippen LogP contribution < -0.4 is 10.1 Å². The number of rotatable bonds is 7. The highest BCUT2D eigenvalue weighted by atomic mass is 32.1. The number of para-hydroxylation sites is 1. The van der Waals surface area contributed by atoms with E-state index in [0.29, 0.717) is 5.13 Å². The number of ether oxygens (including phenoxy) is 2. The molecule has 122 valence electrons. The van der Waals surface area contributed by atoms with Crippen molar-refractivity contribution in [2.75, 3.05) is 19.0 Å². The van der Waals surface area contributed by atoms with Crippen LogP contribution in [-0.2, 0) is 20.7 Å². The third kappa shape index (κ3) is 5.37. The standard InChI is InChI=1S/C16H18N2O4S/c1-11-13(10-15(20)21-2)23-16(17-11)18-14(19)8-9-22-12-6-4-3-5-7-12/h3-7H,8-10H2,1-2H3,(H,17,18,19). The largest absolute Gasteiger partial charge is 0.493 e. The molecule has 2 rings (SSSR count). The molecule has 0 aliphatic carbocycles. The number of esters is 1. The fourth-order valence-electron chi connectivity index (χ4n) is 1.81. The number of nitrogens with zero attached hydrogens (tertiary/aromatic N) is 1. The van der Waals surface area contributed by atoms with Crippen molar-refractivity contribution < 1.29 is 19.1 Å². The van der Waals surface area contributed by atoms with Gasteiger partial charge in [0.2, 0.25) is 5.91 Å². The minimum atomic E-state index is -0.328. The van der Waals surface area contributed by atoms with Gasteiger partial charge in [-0.1, -0.05) is 18.2 Å². The van der Waals surface area contributed by atoms with Gasteiger partial charge in [0.05, 0.1) is 32.3 Å². The molecule has 1 amide bonds. The summed E-state index contributed by atoms with van der Waals surface area (Å²) in [6.07, 6.45) is 0.382. The summed E-state index contributed by atoms with van der Waals surface area (Å²) >= 11 is 1.28. The van der Waals surface area contributed by atoms with Crippen molar-refractivity contribution in [2.24, 2.45) is 0 Å². The molecule has 0 saturated carbocycles. The topological polar surface area (TPSA) is 77.5 Å². The molecule has 0 aliphatic heterocycles. The van der Waals surface area contributed by atoms with Crippen molar-refractivity contribution >= 4 is 28.3 Å². The van der Waals surface area contributed by atoms with Gasteiger partial charge < -0.3 is 14.8 Å². The van der Waals surface area contributed by atoms with E-state index in [0.717, 1.165) is 16.3 Å². The lowest BCUT2D eigenvalue weighted by atomic mass is 10.3. The van der Waals surface area contributed by atoms with Crippen LogP contribution in [0.4, 0.5) is 5.13 Å². The molecule has 1 heterocycles. The molecule has 0 bridgehead atoms. The van der Waals surface area contributed by atoms with Gasteiger partial charge in [-0.05, 0) is 19.1 Å². The molecule has 2 aromatic rings. The molecule has 0 fully saturated rings. The molecule has 6 nitrogen and oxygen atoms in total. The van der Waals surface area contributed by atoms with Gasteiger partial charge >= 0.3 is 5.97 Å². The maximum atomic E-state index is 11.9. The molecular formula is C16H18N2O4S. The number of thiazole rings is 1. The summed E-state index contributed by atoms with van der Waals surface area (Å²) in [5.41, 5.74) is 0.719. The number of hydrogen-bond donors (Lipinski definition) is 1. The molecule has 0 unspecified atom stereocenters. The van der Waals surface area contributed by atoms with Crippen LogP contribution in [-0.4, -0.2) is 30.6 Å². The van der Waals surface area contributed by atoms with E-state index < -0.39 is 0 Å². The average Bonchev–Trinajstić information content (AvgIpc) is 2.87. The van der Waals surface area contributed by atoms with Gasteiger partial charge in [-0.3, -0.25) is 9.59 Å². The molecule has 1 N–H and O–H groups in total. The van der Waals surface area contributed by atoms with Crippen LogP contribution in [0, 0.1) is 6.92 Å². The summed E-state index contributed by atoms with van der Waals surface area (Å²) in [6.45, 7) is 2.08. The maximum absolute atomic E-state index is 11.9. The summed E-state index contributed by atoms with van der Waals surface area (Å²) in [7, 11) is 1.34. The molecule has 1 aromatic carbocycles. The van der Waals surface area contributed by atoms with Crippen molar-refractivity contribution in [3.63, 3.8) is 0 Å². The number of aryl methyl sites for hydroxylation is 1. The van der Waals surface area contributed by atoms with E-state index in [1.165, 1.54) is 18.4 Å². The SMILES string of the molecule is COC(=O)Cc1sc(NC(=O)CCOc2ccccc2)nc1C. The molecule has 0 atom stereocenters. The predicted octanol–water partition coefficient (Wildman–Crippen LogP) is 2.57. The Morgan fingerprint density at radius 3 is 2.70 bits per heavy atom. The summed E-state index contributed by atoms with van der Waals surface area (Å²) in [6, 6.07) is 9.31. The van der Waals surface area contributed by atoms with Gasteiger partial charge in [0.15, 0.2) is 5.13 Å². The van der Waals surface area contributed by atoms with Crippen molar-refractivity contribution in [1.29, 1.82) is 0 Å². The lowest BCUT2D eigenvalue weighted by Gasteiger charge is -2.05. The summed E-state index contributed by atoms with van der Waals surface area (Å²) < 4.78 is 10.1. The second-order valence-corrected chi connectivity index (χ2v) is 5.82. The Bertz CT molecular complexity index is 670. The number of amides is 1. The normalized spacial score (nSPS) is 10.2. The number of methoxy groups -OCH3 is 1. The van der Waals surface area contributed by atoms with Crippen LogP contribution in [0.2, 0.25) is 0 Å². The minimum absolute atomic E-state index is 0.160. The van der Waals surface area contributed by atoms with Crippen molar-refractivity contribution in [3.05, 3.63) is 40.9 Å². The van der Waals surface area contributed by atoms with E-state index in [9.17, 15) is 9.59 Å². The number of carbonyl (C=O) groups excluding carboxylic acids is 2. The first-order valence-corrected chi connectivity index (χ1v) is 7.91. The highest BCUT2D eigenvalue weighted by Gasteiger charge is 2.13. The molecular weight excluding hydrogens is 316 g/mol. The van der Waals surface area contributed by atoms with Crippen molar-refractivity contribution in [2.45, 2.75) is 19.8 Å². The molecule has 7 heteroatoms. The number of carbonyl (C=O) groups is 2. The van der Waals surface area contributed by atoms with Crippen molar-refractivity contribution in [1.82, 2.24) is 4.98 Å². The summed E-state index contributed by atoms with van der Waals surface area (Å²) in [5.74, 6) is 0.218. The Labute approximate surface area is 138 Å². The first kappa shape index (κ1) is 17.0. The number of benzene rings is 1. The molecule has 0 saturated heterocycles. The molecule has 0 spiro atoms. The van der Waals surface area contributed by atoms with E-state index in [1.54, 1.807) is 6.92 Å². The van der Waals surface area contributed by atoms with E-state index in [4.69, 9.17) is 4.74 Å². The Balaban J connectivity index is 1.81. The van der Waals surface area contributed by atoms with E-state index in [-0.39, 0.29) is 31.3 Å². The van der Waals surface area contributed by atoms with Crippen LogP contribution in [0.3, 0.4) is 0 Å². The lowest BCUT2D eigenvalue weighted by molar-refractivity contribution is -0.139. The number of hydrogen-bond acceptors (Lipinski definition) is 6. The number of anilines is 1. The fraction of sp³-hybridized carbons (Fsp3) is 0.312. The fourth-order valence-corrected chi connectivity index (χ4v) is 2.77. The quantitative estimate of drug-likeness (QED) is 0.788. The van der Waals surface area contributed by atoms with Crippen LogP contribution in [0.5, 0.6) is 5.75 Å². The first-order valence-electron chi connectivity index (χ1n) is 7.09. The van der Waals surface area contributed by atoms with Gasteiger partial charge in [-0.25, -0.2) is 4.98 Å². The van der Waals surface area contributed by atoms with E-state index in [1.807, 2.05) is 30.3 Å². The van der Waals surface area contributed by atoms with Gasteiger partial charge in [-0.15, -0.1) is 11.3 Å². The smallest absolute Gasteiger partial charge is 0.310 e. The molecule has 23 heavy (non-hydrogen) atoms. The highest BCUT2D eigenvalue weighted by Crippen LogP contribution is 2.23. The Kier molecular flexibility index (Phi) is 6.10. The van der Waals surface area contributed by atoms with Gasteiger partial charge in [0.1, 0.15) is 5.75 Å². The third-order valence-corrected chi connectivity index (χ3v) is 4.09. The highest BCUT2D eigenvalue weighted by molar-refractivity contribution is 7.16. The maximum Gasteiger partial charge on any atom is 0.310 e. The summed E-state index contributed by atoms with van der Waals surface area (Å²) in [4.78, 5) is 28.2. The zero-order valence-electron chi connectivity index (χ0n) is 13.0. The van der Waals surface area contributed by atoms with E-state index in [2.05, 4.69) is 15.0 Å². The lowest BCUT2D eigenvalue weighted by Crippen LogP contribution is -2.15. The predicted molar refractivity (Wildman–Crippen MR) is 87.8 cm³/mol. The number of aromatic nitrogens is 1. The molecule has 0 aliphatic rings. The number of nitrogens with one attached hydrogen (secondary N) is 1. The van der Waals surface area contributed by atoms with Gasteiger partial charge in [0.25, 0.3) is 0 Å². The second kappa shape index (κ2) is 8.28. The molecule has 1 aromatic heterocycles. The first-order chi connectivity index (χ1) is 11.1. The monoisotopic (exact) mass is 334 g/mol. The second-order valence-electron chi connectivity index (χ2n) is 4.74. The Morgan fingerprint density at radius 1 is 1.26 bits per heavy atom. The Hall–Kier alpha value is -2.41. The Morgan fingerprint density at radius 2 is 2.00 bits per heavy atom. The van der Waals surface area contributed by atoms with Crippen LogP contribution in [0.1, 0.15) is 17.0 Å². The average molecular weight is 334 g/mol. The van der Waals surface area contributed by atoms with Crippen molar-refractivity contribution in [3.8, 4) is 5.75 Å². The van der Waals surface area contributed by atoms with Crippen LogP contribution >= 0.6 is 11.3 Å². The van der Waals surface area contributed by atoms with Crippen LogP contribution in [0.15, 0.2) is 30.3 Å². The van der Waals surface area contributed by atoms with Gasteiger partial charge in [0, 0.05) is 4.88 Å². The zero-order valence-corrected chi connectivity index (χ0v) is 13.8. The molecule has 0 radical (unpaired) electrons. The van der Waals surface area contributed by atoms with Crippen LogP contribution in [0.25, 0.3) is 0 Å². The zero-order chi connectivity index (χ0) is 16.7.